The summed E-state index contributed by atoms with van der Waals surface area (Å²) in [4.78, 5) is 17.2. The van der Waals surface area contributed by atoms with Gasteiger partial charge in [0.2, 0.25) is 0 Å². The van der Waals surface area contributed by atoms with Crippen molar-refractivity contribution in [3.8, 4) is 16.8 Å². The van der Waals surface area contributed by atoms with Crippen LogP contribution in [0.2, 0.25) is 0 Å². The number of carbonyl (C=O) groups is 1. The molecule has 0 aliphatic carbocycles. The van der Waals surface area contributed by atoms with Gasteiger partial charge in [-0.25, -0.2) is 9.37 Å². The van der Waals surface area contributed by atoms with Crippen LogP contribution in [0.15, 0.2) is 97.6 Å². The number of hydrogen-bond acceptors (Lipinski definition) is 3. The summed E-state index contributed by atoms with van der Waals surface area (Å²) in [6, 6.07) is 22.4. The van der Waals surface area contributed by atoms with Gasteiger partial charge < -0.3 is 9.88 Å². The van der Waals surface area contributed by atoms with E-state index in [0.29, 0.717) is 29.2 Å². The first-order chi connectivity index (χ1) is 17.1. The standard InChI is InChI=1S/C28H24FN5O/c1-20-30-14-16-34(20)27-12-9-22(17-26(27)29)18-31-28(35)25-6-3-2-5-24(25)23-10-7-21(8-11-23)19-33-15-4-13-32-33/h2-17H,18-19H2,1H3,(H,31,35). The zero-order valence-corrected chi connectivity index (χ0v) is 19.2. The van der Waals surface area contributed by atoms with Crippen LogP contribution in [-0.4, -0.2) is 25.2 Å². The highest BCUT2D eigenvalue weighted by molar-refractivity contribution is 6.00. The molecule has 0 unspecified atom stereocenters. The van der Waals surface area contributed by atoms with Crippen LogP contribution < -0.4 is 5.32 Å². The lowest BCUT2D eigenvalue weighted by Crippen LogP contribution is -2.23. The zero-order valence-electron chi connectivity index (χ0n) is 19.2. The second kappa shape index (κ2) is 9.77. The molecule has 0 aliphatic heterocycles. The van der Waals surface area contributed by atoms with E-state index < -0.39 is 0 Å². The van der Waals surface area contributed by atoms with Gasteiger partial charge in [-0.3, -0.25) is 9.48 Å². The molecule has 3 aromatic carbocycles. The minimum atomic E-state index is -0.367. The maximum atomic E-state index is 14.7. The Morgan fingerprint density at radius 1 is 0.943 bits per heavy atom. The second-order valence-corrected chi connectivity index (χ2v) is 8.26. The Hall–Kier alpha value is -4.52. The second-order valence-electron chi connectivity index (χ2n) is 8.26. The normalized spacial score (nSPS) is 10.9. The van der Waals surface area contributed by atoms with Crippen molar-refractivity contribution in [2.24, 2.45) is 0 Å². The predicted octanol–water partition coefficient (Wildman–Crippen LogP) is 5.16. The Morgan fingerprint density at radius 3 is 2.46 bits per heavy atom. The highest BCUT2D eigenvalue weighted by Gasteiger charge is 2.13. The van der Waals surface area contributed by atoms with Gasteiger partial charge >= 0.3 is 0 Å². The SMILES string of the molecule is Cc1nccn1-c1ccc(CNC(=O)c2ccccc2-c2ccc(Cn3cccn3)cc2)cc1F. The third-order valence-electron chi connectivity index (χ3n) is 5.89. The maximum absolute atomic E-state index is 14.7. The number of hydrogen-bond donors (Lipinski definition) is 1. The molecule has 0 spiro atoms. The van der Waals surface area contributed by atoms with Crippen LogP contribution in [0.25, 0.3) is 16.8 Å². The molecule has 2 heterocycles. The molecule has 0 bridgehead atoms. The molecule has 5 aromatic rings. The van der Waals surface area contributed by atoms with Crippen molar-refractivity contribution in [1.82, 2.24) is 24.6 Å². The summed E-state index contributed by atoms with van der Waals surface area (Å²) in [6.45, 7) is 2.72. The van der Waals surface area contributed by atoms with Gasteiger partial charge in [-0.05, 0) is 53.4 Å². The summed E-state index contributed by atoms with van der Waals surface area (Å²) in [5.74, 6) is 0.126. The van der Waals surface area contributed by atoms with Crippen molar-refractivity contribution < 1.29 is 9.18 Å². The zero-order chi connectivity index (χ0) is 24.2. The summed E-state index contributed by atoms with van der Waals surface area (Å²) in [6.07, 6.45) is 7.03. The molecule has 174 valence electrons. The fourth-order valence-electron chi connectivity index (χ4n) is 4.07. The van der Waals surface area contributed by atoms with Gasteiger partial charge in [0.15, 0.2) is 0 Å². The summed E-state index contributed by atoms with van der Waals surface area (Å²) >= 11 is 0. The number of rotatable bonds is 7. The number of carbonyl (C=O) groups excluding carboxylic acids is 1. The summed E-state index contributed by atoms with van der Waals surface area (Å²) in [7, 11) is 0. The molecule has 7 heteroatoms. The van der Waals surface area contributed by atoms with E-state index in [1.165, 1.54) is 6.07 Å². The molecule has 0 fully saturated rings. The van der Waals surface area contributed by atoms with E-state index in [-0.39, 0.29) is 18.3 Å². The van der Waals surface area contributed by atoms with E-state index in [1.54, 1.807) is 35.3 Å². The van der Waals surface area contributed by atoms with Crippen molar-refractivity contribution >= 4 is 5.91 Å². The first-order valence-corrected chi connectivity index (χ1v) is 11.3. The van der Waals surface area contributed by atoms with Gasteiger partial charge in [0.05, 0.1) is 12.2 Å². The van der Waals surface area contributed by atoms with Crippen LogP contribution in [-0.2, 0) is 13.1 Å². The monoisotopic (exact) mass is 465 g/mol. The maximum Gasteiger partial charge on any atom is 0.252 e. The number of halogens is 1. The number of benzene rings is 3. The number of nitrogens with one attached hydrogen (secondary N) is 1. The average Bonchev–Trinajstić information content (AvgIpc) is 3.55. The van der Waals surface area contributed by atoms with E-state index in [1.807, 2.05) is 72.4 Å². The Bertz CT molecular complexity index is 1460. The lowest BCUT2D eigenvalue weighted by Gasteiger charge is -2.12. The van der Waals surface area contributed by atoms with Gasteiger partial charge in [0, 0.05) is 36.9 Å². The van der Waals surface area contributed by atoms with Crippen LogP contribution >= 0.6 is 0 Å². The fraction of sp³-hybridized carbons (Fsp3) is 0.107. The van der Waals surface area contributed by atoms with E-state index in [2.05, 4.69) is 15.4 Å². The highest BCUT2D eigenvalue weighted by atomic mass is 19.1. The van der Waals surface area contributed by atoms with E-state index in [0.717, 1.165) is 16.7 Å². The van der Waals surface area contributed by atoms with Crippen LogP contribution in [0.5, 0.6) is 0 Å². The fourth-order valence-corrected chi connectivity index (χ4v) is 4.07. The lowest BCUT2D eigenvalue weighted by molar-refractivity contribution is 0.0951. The molecule has 1 amide bonds. The largest absolute Gasteiger partial charge is 0.348 e. The molecule has 5 rings (SSSR count). The third kappa shape index (κ3) is 4.89. The quantitative estimate of drug-likeness (QED) is 0.361. The molecule has 1 N–H and O–H groups in total. The molecule has 6 nitrogen and oxygen atoms in total. The van der Waals surface area contributed by atoms with Gasteiger partial charge in [0.1, 0.15) is 11.6 Å². The highest BCUT2D eigenvalue weighted by Crippen LogP contribution is 2.25. The average molecular weight is 466 g/mol. The number of aryl methyl sites for hydroxylation is 1. The molecular weight excluding hydrogens is 441 g/mol. The van der Waals surface area contributed by atoms with Crippen LogP contribution in [0.1, 0.15) is 27.3 Å². The molecule has 0 saturated carbocycles. The van der Waals surface area contributed by atoms with Crippen LogP contribution in [0.4, 0.5) is 4.39 Å². The molecule has 0 radical (unpaired) electrons. The van der Waals surface area contributed by atoms with Gasteiger partial charge in [0.25, 0.3) is 5.91 Å². The topological polar surface area (TPSA) is 64.7 Å². The number of nitrogens with zero attached hydrogens (tertiary/aromatic N) is 4. The number of aromatic nitrogens is 4. The van der Waals surface area contributed by atoms with Crippen molar-refractivity contribution in [1.29, 1.82) is 0 Å². The van der Waals surface area contributed by atoms with Gasteiger partial charge in [-0.1, -0.05) is 48.5 Å². The first-order valence-electron chi connectivity index (χ1n) is 11.3. The summed E-state index contributed by atoms with van der Waals surface area (Å²) < 4.78 is 18.3. The molecule has 0 saturated heterocycles. The number of imidazole rings is 1. The third-order valence-corrected chi connectivity index (χ3v) is 5.89. The lowest BCUT2D eigenvalue weighted by atomic mass is 9.98. The van der Waals surface area contributed by atoms with Crippen LogP contribution in [0, 0.1) is 12.7 Å². The van der Waals surface area contributed by atoms with E-state index >= 15 is 0 Å². The predicted molar refractivity (Wildman–Crippen MR) is 133 cm³/mol. The minimum absolute atomic E-state index is 0.212. The Morgan fingerprint density at radius 2 is 1.74 bits per heavy atom. The van der Waals surface area contributed by atoms with Crippen molar-refractivity contribution in [2.45, 2.75) is 20.0 Å². The van der Waals surface area contributed by atoms with Gasteiger partial charge in [-0.2, -0.15) is 5.10 Å². The smallest absolute Gasteiger partial charge is 0.252 e. The Kier molecular flexibility index (Phi) is 6.22. The summed E-state index contributed by atoms with van der Waals surface area (Å²) in [5.41, 5.74) is 4.59. The van der Waals surface area contributed by atoms with E-state index in [4.69, 9.17) is 0 Å². The molecule has 35 heavy (non-hydrogen) atoms. The summed E-state index contributed by atoms with van der Waals surface area (Å²) in [5, 5.41) is 7.16. The molecule has 0 atom stereocenters. The molecule has 0 aliphatic rings. The molecular formula is C28H24FN5O. The first kappa shape index (κ1) is 22.3. The Balaban J connectivity index is 1.29. The molecule has 2 aromatic heterocycles. The van der Waals surface area contributed by atoms with Gasteiger partial charge in [-0.15, -0.1) is 0 Å². The van der Waals surface area contributed by atoms with Crippen LogP contribution in [0.3, 0.4) is 0 Å². The Labute approximate surface area is 202 Å². The van der Waals surface area contributed by atoms with Crippen molar-refractivity contribution in [3.05, 3.63) is 126 Å². The minimum Gasteiger partial charge on any atom is -0.348 e. The number of amides is 1. The van der Waals surface area contributed by atoms with E-state index in [9.17, 15) is 9.18 Å². The van der Waals surface area contributed by atoms with Crippen molar-refractivity contribution in [3.63, 3.8) is 0 Å². The van der Waals surface area contributed by atoms with Crippen molar-refractivity contribution in [2.75, 3.05) is 0 Å².